The summed E-state index contributed by atoms with van der Waals surface area (Å²) >= 11 is 0. The lowest BCUT2D eigenvalue weighted by Gasteiger charge is -2.09. The molecule has 96 valence electrons. The van der Waals surface area contributed by atoms with Crippen molar-refractivity contribution < 1.29 is 13.6 Å². The minimum absolute atomic E-state index is 0.197. The largest absolute Gasteiger partial charge is 0.293 e. The molecule has 0 N–H and O–H groups in total. The molecule has 0 saturated carbocycles. The highest BCUT2D eigenvalue weighted by molar-refractivity contribution is 6.01. The van der Waals surface area contributed by atoms with Crippen molar-refractivity contribution in [1.82, 2.24) is 4.98 Å². The zero-order valence-corrected chi connectivity index (χ0v) is 10.1. The Morgan fingerprint density at radius 3 is 2.84 bits per heavy atom. The molecule has 1 unspecified atom stereocenters. The number of benzene rings is 1. The van der Waals surface area contributed by atoms with E-state index >= 15 is 0 Å². The van der Waals surface area contributed by atoms with E-state index in [0.717, 1.165) is 29.8 Å². The standard InChI is InChI=1S/C15H11F2NO/c16-12-6-4-10(8-13(12)17)15(19)11-5-3-9-2-1-7-18-14(9)11/h1-2,4,6-8,11H,3,5H2. The van der Waals surface area contributed by atoms with Gasteiger partial charge < -0.3 is 0 Å². The monoisotopic (exact) mass is 259 g/mol. The fourth-order valence-corrected chi connectivity index (χ4v) is 2.52. The quantitative estimate of drug-likeness (QED) is 0.775. The van der Waals surface area contributed by atoms with Crippen molar-refractivity contribution in [3.63, 3.8) is 0 Å². The highest BCUT2D eigenvalue weighted by Crippen LogP contribution is 2.33. The summed E-state index contributed by atoms with van der Waals surface area (Å²) in [6.45, 7) is 0. The number of hydrogen-bond donors (Lipinski definition) is 0. The average molecular weight is 259 g/mol. The van der Waals surface area contributed by atoms with E-state index in [1.54, 1.807) is 6.20 Å². The molecule has 1 aliphatic carbocycles. The number of pyridine rings is 1. The lowest BCUT2D eigenvalue weighted by Crippen LogP contribution is -2.12. The minimum atomic E-state index is -0.995. The zero-order chi connectivity index (χ0) is 13.4. The van der Waals surface area contributed by atoms with Crippen LogP contribution in [0, 0.1) is 11.6 Å². The molecule has 1 aromatic carbocycles. The van der Waals surface area contributed by atoms with E-state index in [1.807, 2.05) is 12.1 Å². The summed E-state index contributed by atoms with van der Waals surface area (Å²) in [5.41, 5.74) is 2.02. The summed E-state index contributed by atoms with van der Waals surface area (Å²) in [7, 11) is 0. The lowest BCUT2D eigenvalue weighted by atomic mass is 9.95. The second-order valence-electron chi connectivity index (χ2n) is 4.63. The number of ketones is 1. The smallest absolute Gasteiger partial charge is 0.172 e. The summed E-state index contributed by atoms with van der Waals surface area (Å²) in [5.74, 6) is -2.48. The first-order valence-corrected chi connectivity index (χ1v) is 6.10. The summed E-state index contributed by atoms with van der Waals surface area (Å²) in [5, 5.41) is 0. The number of nitrogens with zero attached hydrogens (tertiary/aromatic N) is 1. The van der Waals surface area contributed by atoms with Crippen LogP contribution in [0.25, 0.3) is 0 Å². The number of aryl methyl sites for hydroxylation is 1. The Hall–Kier alpha value is -2.10. The SMILES string of the molecule is O=C(c1ccc(F)c(F)c1)C1CCc2cccnc21. The maximum absolute atomic E-state index is 13.2. The molecule has 0 fully saturated rings. The highest BCUT2D eigenvalue weighted by atomic mass is 19.2. The molecule has 1 heterocycles. The molecule has 3 rings (SSSR count). The van der Waals surface area contributed by atoms with Crippen molar-refractivity contribution in [1.29, 1.82) is 0 Å². The summed E-state index contributed by atoms with van der Waals surface area (Å²) in [6, 6.07) is 7.04. The Morgan fingerprint density at radius 1 is 1.21 bits per heavy atom. The van der Waals surface area contributed by atoms with Gasteiger partial charge in [0.25, 0.3) is 0 Å². The molecule has 2 nitrogen and oxygen atoms in total. The number of fused-ring (bicyclic) bond motifs is 1. The van der Waals surface area contributed by atoms with Crippen LogP contribution >= 0.6 is 0 Å². The normalized spacial score (nSPS) is 17.3. The first-order chi connectivity index (χ1) is 9.16. The molecule has 19 heavy (non-hydrogen) atoms. The fourth-order valence-electron chi connectivity index (χ4n) is 2.52. The number of rotatable bonds is 2. The van der Waals surface area contributed by atoms with Crippen LogP contribution in [0.2, 0.25) is 0 Å². The maximum atomic E-state index is 13.2. The van der Waals surface area contributed by atoms with E-state index in [0.29, 0.717) is 6.42 Å². The molecule has 0 radical (unpaired) electrons. The van der Waals surface area contributed by atoms with Crippen LogP contribution in [0.5, 0.6) is 0 Å². The van der Waals surface area contributed by atoms with Gasteiger partial charge in [-0.2, -0.15) is 0 Å². The van der Waals surface area contributed by atoms with Crippen molar-refractivity contribution in [2.45, 2.75) is 18.8 Å². The molecule has 0 spiro atoms. The average Bonchev–Trinajstić information content (AvgIpc) is 2.85. The predicted octanol–water partition coefficient (Wildman–Crippen LogP) is 3.27. The first-order valence-electron chi connectivity index (χ1n) is 6.10. The maximum Gasteiger partial charge on any atom is 0.172 e. The summed E-state index contributed by atoms with van der Waals surface area (Å²) < 4.78 is 26.1. The Kier molecular flexibility index (Phi) is 2.85. The van der Waals surface area contributed by atoms with E-state index in [1.165, 1.54) is 6.07 Å². The highest BCUT2D eigenvalue weighted by Gasteiger charge is 2.30. The zero-order valence-electron chi connectivity index (χ0n) is 10.1. The summed E-state index contributed by atoms with van der Waals surface area (Å²) in [4.78, 5) is 16.6. The fraction of sp³-hybridized carbons (Fsp3) is 0.200. The van der Waals surface area contributed by atoms with Gasteiger partial charge in [0.1, 0.15) is 0 Å². The molecule has 1 atom stereocenters. The summed E-state index contributed by atoms with van der Waals surface area (Å²) in [6.07, 6.45) is 3.11. The van der Waals surface area contributed by atoms with Gasteiger partial charge in [-0.3, -0.25) is 9.78 Å². The number of Topliss-reactive ketones (excluding diaryl/α,β-unsaturated/α-hetero) is 1. The third kappa shape index (κ3) is 2.03. The number of aromatic nitrogens is 1. The molecule has 0 amide bonds. The lowest BCUT2D eigenvalue weighted by molar-refractivity contribution is 0.0957. The molecule has 1 aromatic heterocycles. The number of carbonyl (C=O) groups excluding carboxylic acids is 1. The van der Waals surface area contributed by atoms with Crippen molar-refractivity contribution in [3.05, 3.63) is 65.0 Å². The molecule has 0 bridgehead atoms. The van der Waals surface area contributed by atoms with Gasteiger partial charge in [0.2, 0.25) is 0 Å². The molecular formula is C15H11F2NO. The van der Waals surface area contributed by atoms with Gasteiger partial charge in [-0.05, 0) is 42.7 Å². The third-order valence-corrected chi connectivity index (χ3v) is 3.48. The van der Waals surface area contributed by atoms with Gasteiger partial charge in [0.05, 0.1) is 11.6 Å². The minimum Gasteiger partial charge on any atom is -0.293 e. The van der Waals surface area contributed by atoms with Crippen LogP contribution < -0.4 is 0 Å². The van der Waals surface area contributed by atoms with Gasteiger partial charge >= 0.3 is 0 Å². The van der Waals surface area contributed by atoms with E-state index in [4.69, 9.17) is 0 Å². The van der Waals surface area contributed by atoms with Crippen LogP contribution in [-0.2, 0) is 6.42 Å². The number of hydrogen-bond acceptors (Lipinski definition) is 2. The first kappa shape index (κ1) is 12.0. The second kappa shape index (κ2) is 4.53. The van der Waals surface area contributed by atoms with Crippen LogP contribution in [-0.4, -0.2) is 10.8 Å². The molecular weight excluding hydrogens is 248 g/mol. The van der Waals surface area contributed by atoms with Crippen LogP contribution in [0.15, 0.2) is 36.5 Å². The van der Waals surface area contributed by atoms with Crippen LogP contribution in [0.1, 0.15) is 34.0 Å². The van der Waals surface area contributed by atoms with Gasteiger partial charge in [-0.1, -0.05) is 6.07 Å². The number of halogens is 2. The Morgan fingerprint density at radius 2 is 2.05 bits per heavy atom. The predicted molar refractivity (Wildman–Crippen MR) is 66.0 cm³/mol. The van der Waals surface area contributed by atoms with Crippen molar-refractivity contribution >= 4 is 5.78 Å². The van der Waals surface area contributed by atoms with Crippen molar-refractivity contribution in [2.24, 2.45) is 0 Å². The molecule has 1 aliphatic rings. The number of carbonyl (C=O) groups is 1. The van der Waals surface area contributed by atoms with Crippen molar-refractivity contribution in [2.75, 3.05) is 0 Å². The topological polar surface area (TPSA) is 30.0 Å². The Balaban J connectivity index is 1.95. The molecule has 2 aromatic rings. The molecule has 0 aliphatic heterocycles. The van der Waals surface area contributed by atoms with Gasteiger partial charge in [-0.15, -0.1) is 0 Å². The van der Waals surface area contributed by atoms with Crippen molar-refractivity contribution in [3.8, 4) is 0 Å². The van der Waals surface area contributed by atoms with E-state index < -0.39 is 11.6 Å². The van der Waals surface area contributed by atoms with Crippen LogP contribution in [0.3, 0.4) is 0 Å². The van der Waals surface area contributed by atoms with E-state index in [2.05, 4.69) is 4.98 Å². The second-order valence-corrected chi connectivity index (χ2v) is 4.63. The Labute approximate surface area is 109 Å². The van der Waals surface area contributed by atoms with E-state index in [9.17, 15) is 13.6 Å². The van der Waals surface area contributed by atoms with Gasteiger partial charge in [0, 0.05) is 11.8 Å². The van der Waals surface area contributed by atoms with Crippen LogP contribution in [0.4, 0.5) is 8.78 Å². The Bertz CT molecular complexity index is 654. The molecule has 4 heteroatoms. The van der Waals surface area contributed by atoms with E-state index in [-0.39, 0.29) is 17.3 Å². The van der Waals surface area contributed by atoms with Gasteiger partial charge in [-0.25, -0.2) is 8.78 Å². The van der Waals surface area contributed by atoms with Gasteiger partial charge in [0.15, 0.2) is 17.4 Å². The molecule has 0 saturated heterocycles. The third-order valence-electron chi connectivity index (χ3n) is 3.48.